The fraction of sp³-hybridized carbons (Fsp3) is 0.667. The standard InChI is InChI=1S/C21H34N4O3.HI/c1-22-21(25-10-8-19(16-25)24-11-14-27-15-12-24)23-9-3-13-28-17-18-4-6-20(26-2)7-5-18;/h4-7,19H,3,8-17H2,1-2H3,(H,22,23);1H. The number of halogens is 1. The molecule has 2 aliphatic heterocycles. The highest BCUT2D eigenvalue weighted by atomic mass is 127. The van der Waals surface area contributed by atoms with Gasteiger partial charge >= 0.3 is 0 Å². The first-order valence-electron chi connectivity index (χ1n) is 10.3. The summed E-state index contributed by atoms with van der Waals surface area (Å²) in [6.07, 6.45) is 2.15. The van der Waals surface area contributed by atoms with E-state index < -0.39 is 0 Å². The Labute approximate surface area is 191 Å². The van der Waals surface area contributed by atoms with Crippen LogP contribution in [-0.4, -0.2) is 88.5 Å². The van der Waals surface area contributed by atoms with Gasteiger partial charge in [0.1, 0.15) is 5.75 Å². The van der Waals surface area contributed by atoms with E-state index in [4.69, 9.17) is 14.2 Å². The number of hydrogen-bond donors (Lipinski definition) is 1. The molecule has 2 saturated heterocycles. The van der Waals surface area contributed by atoms with Crippen LogP contribution in [0.5, 0.6) is 5.75 Å². The smallest absolute Gasteiger partial charge is 0.193 e. The van der Waals surface area contributed by atoms with Crippen LogP contribution in [0.1, 0.15) is 18.4 Å². The Kier molecular flexibility index (Phi) is 11.0. The number of likely N-dealkylation sites (tertiary alicyclic amines) is 1. The van der Waals surface area contributed by atoms with Gasteiger partial charge in [0.25, 0.3) is 0 Å². The quantitative estimate of drug-likeness (QED) is 0.247. The molecule has 1 aromatic rings. The van der Waals surface area contributed by atoms with Gasteiger partial charge < -0.3 is 24.4 Å². The average Bonchev–Trinajstić information content (AvgIpc) is 3.24. The Morgan fingerprint density at radius 2 is 1.97 bits per heavy atom. The zero-order valence-electron chi connectivity index (χ0n) is 17.6. The van der Waals surface area contributed by atoms with Crippen LogP contribution in [0.3, 0.4) is 0 Å². The SMILES string of the molecule is CN=C(NCCCOCc1ccc(OC)cc1)N1CCC(N2CCOCC2)C1.I. The van der Waals surface area contributed by atoms with Gasteiger partial charge in [0, 0.05) is 52.4 Å². The largest absolute Gasteiger partial charge is 0.497 e. The average molecular weight is 518 g/mol. The molecule has 3 rings (SSSR count). The van der Waals surface area contributed by atoms with Crippen molar-refractivity contribution in [2.24, 2.45) is 4.99 Å². The van der Waals surface area contributed by atoms with E-state index >= 15 is 0 Å². The molecule has 0 aliphatic carbocycles. The second kappa shape index (κ2) is 13.3. The van der Waals surface area contributed by atoms with Crippen molar-refractivity contribution < 1.29 is 14.2 Å². The molecular formula is C21H35IN4O3. The Bertz CT molecular complexity index is 608. The number of aliphatic imine (C=N–C) groups is 1. The lowest BCUT2D eigenvalue weighted by Gasteiger charge is -2.32. The minimum absolute atomic E-state index is 0. The summed E-state index contributed by atoms with van der Waals surface area (Å²) >= 11 is 0. The van der Waals surface area contributed by atoms with Crippen LogP contribution >= 0.6 is 24.0 Å². The highest BCUT2D eigenvalue weighted by Gasteiger charge is 2.30. The van der Waals surface area contributed by atoms with Crippen LogP contribution in [0, 0.1) is 0 Å². The van der Waals surface area contributed by atoms with Gasteiger partial charge in [-0.1, -0.05) is 12.1 Å². The first kappa shape index (κ1) is 24.2. The van der Waals surface area contributed by atoms with Crippen molar-refractivity contribution in [1.82, 2.24) is 15.1 Å². The molecular weight excluding hydrogens is 483 g/mol. The van der Waals surface area contributed by atoms with Crippen molar-refractivity contribution in [3.8, 4) is 5.75 Å². The van der Waals surface area contributed by atoms with Gasteiger partial charge in [0.15, 0.2) is 5.96 Å². The zero-order chi connectivity index (χ0) is 19.6. The van der Waals surface area contributed by atoms with E-state index in [-0.39, 0.29) is 24.0 Å². The van der Waals surface area contributed by atoms with Crippen molar-refractivity contribution in [3.05, 3.63) is 29.8 Å². The molecule has 29 heavy (non-hydrogen) atoms. The third kappa shape index (κ3) is 7.58. The monoisotopic (exact) mass is 518 g/mol. The number of nitrogens with one attached hydrogen (secondary N) is 1. The first-order chi connectivity index (χ1) is 13.8. The molecule has 164 valence electrons. The molecule has 0 saturated carbocycles. The minimum atomic E-state index is 0. The fourth-order valence-electron chi connectivity index (χ4n) is 3.79. The number of guanidine groups is 1. The van der Waals surface area contributed by atoms with Crippen molar-refractivity contribution >= 4 is 29.9 Å². The minimum Gasteiger partial charge on any atom is -0.497 e. The molecule has 0 aromatic heterocycles. The second-order valence-corrected chi connectivity index (χ2v) is 7.27. The molecule has 2 aliphatic rings. The maximum absolute atomic E-state index is 5.78. The first-order valence-corrected chi connectivity index (χ1v) is 10.3. The van der Waals surface area contributed by atoms with Gasteiger partial charge in [-0.2, -0.15) is 0 Å². The van der Waals surface area contributed by atoms with E-state index in [0.29, 0.717) is 12.6 Å². The number of morpholine rings is 1. The molecule has 7 nitrogen and oxygen atoms in total. The lowest BCUT2D eigenvalue weighted by Crippen LogP contribution is -2.46. The maximum atomic E-state index is 5.78. The molecule has 1 aromatic carbocycles. The predicted octanol–water partition coefficient (Wildman–Crippen LogP) is 2.20. The molecule has 8 heteroatoms. The van der Waals surface area contributed by atoms with Crippen molar-refractivity contribution in [3.63, 3.8) is 0 Å². The molecule has 0 bridgehead atoms. The number of benzene rings is 1. The number of nitrogens with zero attached hydrogens (tertiary/aromatic N) is 3. The molecule has 2 heterocycles. The van der Waals surface area contributed by atoms with Gasteiger partial charge in [-0.3, -0.25) is 9.89 Å². The van der Waals surface area contributed by atoms with Crippen molar-refractivity contribution in [1.29, 1.82) is 0 Å². The van der Waals surface area contributed by atoms with Crippen LogP contribution in [0.4, 0.5) is 0 Å². The van der Waals surface area contributed by atoms with E-state index in [0.717, 1.165) is 76.2 Å². The van der Waals surface area contributed by atoms with Gasteiger partial charge in [0.05, 0.1) is 26.9 Å². The maximum Gasteiger partial charge on any atom is 0.193 e. The third-order valence-corrected chi connectivity index (χ3v) is 5.41. The Morgan fingerprint density at radius 1 is 1.21 bits per heavy atom. The summed E-state index contributed by atoms with van der Waals surface area (Å²) < 4.78 is 16.4. The molecule has 1 N–H and O–H groups in total. The summed E-state index contributed by atoms with van der Waals surface area (Å²) in [5.41, 5.74) is 1.16. The number of methoxy groups -OCH3 is 1. The van der Waals surface area contributed by atoms with E-state index in [1.807, 2.05) is 31.3 Å². The summed E-state index contributed by atoms with van der Waals surface area (Å²) in [4.78, 5) is 9.40. The van der Waals surface area contributed by atoms with Gasteiger partial charge in [-0.15, -0.1) is 24.0 Å². The van der Waals surface area contributed by atoms with Crippen LogP contribution in [-0.2, 0) is 16.1 Å². The molecule has 0 amide bonds. The molecule has 1 atom stereocenters. The fourth-order valence-corrected chi connectivity index (χ4v) is 3.79. The highest BCUT2D eigenvalue weighted by molar-refractivity contribution is 14.0. The van der Waals surface area contributed by atoms with Gasteiger partial charge in [0.2, 0.25) is 0 Å². The third-order valence-electron chi connectivity index (χ3n) is 5.41. The number of hydrogen-bond acceptors (Lipinski definition) is 5. The van der Waals surface area contributed by atoms with E-state index in [1.165, 1.54) is 6.42 Å². The number of ether oxygens (including phenoxy) is 3. The summed E-state index contributed by atoms with van der Waals surface area (Å²) in [7, 11) is 3.54. The lowest BCUT2D eigenvalue weighted by atomic mass is 10.2. The Hall–Kier alpha value is -1.10. The van der Waals surface area contributed by atoms with Crippen LogP contribution in [0.2, 0.25) is 0 Å². The molecule has 0 spiro atoms. The van der Waals surface area contributed by atoms with E-state index in [1.54, 1.807) is 7.11 Å². The summed E-state index contributed by atoms with van der Waals surface area (Å²) in [6, 6.07) is 8.62. The van der Waals surface area contributed by atoms with E-state index in [2.05, 4.69) is 20.1 Å². The number of rotatable bonds is 8. The van der Waals surface area contributed by atoms with Crippen LogP contribution in [0.15, 0.2) is 29.3 Å². The van der Waals surface area contributed by atoms with Crippen molar-refractivity contribution in [2.45, 2.75) is 25.5 Å². The van der Waals surface area contributed by atoms with Crippen molar-refractivity contribution in [2.75, 3.05) is 66.7 Å². The lowest BCUT2D eigenvalue weighted by molar-refractivity contribution is 0.0195. The van der Waals surface area contributed by atoms with E-state index in [9.17, 15) is 0 Å². The predicted molar refractivity (Wildman–Crippen MR) is 126 cm³/mol. The van der Waals surface area contributed by atoms with Crippen LogP contribution in [0.25, 0.3) is 0 Å². The normalized spacial score (nSPS) is 20.4. The van der Waals surface area contributed by atoms with Crippen LogP contribution < -0.4 is 10.1 Å². The summed E-state index contributed by atoms with van der Waals surface area (Å²) in [6.45, 7) is 8.17. The zero-order valence-corrected chi connectivity index (χ0v) is 20.0. The molecule has 1 unspecified atom stereocenters. The summed E-state index contributed by atoms with van der Waals surface area (Å²) in [5, 5.41) is 3.48. The van der Waals surface area contributed by atoms with Gasteiger partial charge in [-0.25, -0.2) is 0 Å². The Balaban J connectivity index is 0.00000300. The summed E-state index contributed by atoms with van der Waals surface area (Å²) in [5.74, 6) is 1.88. The molecule has 0 radical (unpaired) electrons. The Morgan fingerprint density at radius 3 is 2.66 bits per heavy atom. The molecule has 2 fully saturated rings. The second-order valence-electron chi connectivity index (χ2n) is 7.27. The van der Waals surface area contributed by atoms with Gasteiger partial charge in [-0.05, 0) is 30.5 Å². The topological polar surface area (TPSA) is 58.6 Å². The highest BCUT2D eigenvalue weighted by Crippen LogP contribution is 2.17.